The first-order valence-electron chi connectivity index (χ1n) is 7.73. The molecule has 0 saturated carbocycles. The molecule has 1 aromatic carbocycles. The lowest BCUT2D eigenvalue weighted by molar-refractivity contribution is -0.277. The fourth-order valence-electron chi connectivity index (χ4n) is 2.61. The number of aliphatic hydroxyl groups excluding tert-OH is 4. The Bertz CT molecular complexity index is 589. The molecule has 2 rings (SSSR count). The largest absolute Gasteiger partial charge is 0.493 e. The van der Waals surface area contributed by atoms with E-state index >= 15 is 0 Å². The Labute approximate surface area is 144 Å². The Morgan fingerprint density at radius 1 is 1.20 bits per heavy atom. The van der Waals surface area contributed by atoms with Crippen molar-refractivity contribution < 1.29 is 44.5 Å². The fourth-order valence-corrected chi connectivity index (χ4v) is 2.61. The Balaban J connectivity index is 2.21. The first-order chi connectivity index (χ1) is 11.9. The van der Waals surface area contributed by atoms with Crippen LogP contribution in [-0.2, 0) is 16.0 Å². The van der Waals surface area contributed by atoms with Crippen LogP contribution < -0.4 is 9.47 Å². The van der Waals surface area contributed by atoms with E-state index in [-0.39, 0.29) is 24.3 Å². The van der Waals surface area contributed by atoms with Crippen LogP contribution in [0.15, 0.2) is 18.2 Å². The molecular formula is C16H22O9. The summed E-state index contributed by atoms with van der Waals surface area (Å²) in [6, 6.07) is 4.84. The Morgan fingerprint density at radius 2 is 1.92 bits per heavy atom. The number of para-hydroxylation sites is 1. The standard InChI is InChI=1S/C16H22O9/c1-23-15-8(5-6-11(18)19)3-2-4-9(15)24-16-14(22)13(21)12(20)10(7-17)25-16/h2-4,10,12-14,16-17,20-22H,5-7H2,1H3,(H,18,19)/t10-,12-,13+,14-,16-/m1/s1. The van der Waals surface area contributed by atoms with Crippen LogP contribution in [0, 0.1) is 0 Å². The summed E-state index contributed by atoms with van der Waals surface area (Å²) in [6.45, 7) is -0.569. The van der Waals surface area contributed by atoms with Crippen molar-refractivity contribution in [1.82, 2.24) is 0 Å². The number of methoxy groups -OCH3 is 1. The smallest absolute Gasteiger partial charge is 0.303 e. The zero-order valence-electron chi connectivity index (χ0n) is 13.6. The first-order valence-corrected chi connectivity index (χ1v) is 7.73. The van der Waals surface area contributed by atoms with Gasteiger partial charge in [0.05, 0.1) is 13.7 Å². The summed E-state index contributed by atoms with van der Waals surface area (Å²) in [5.41, 5.74) is 0.590. The molecule has 0 bridgehead atoms. The van der Waals surface area contributed by atoms with Crippen molar-refractivity contribution in [1.29, 1.82) is 0 Å². The van der Waals surface area contributed by atoms with Crippen molar-refractivity contribution in [3.05, 3.63) is 23.8 Å². The van der Waals surface area contributed by atoms with Crippen molar-refractivity contribution in [2.24, 2.45) is 0 Å². The lowest BCUT2D eigenvalue weighted by Gasteiger charge is -2.39. The zero-order chi connectivity index (χ0) is 18.6. The molecule has 0 aliphatic carbocycles. The number of aliphatic carboxylic acids is 1. The van der Waals surface area contributed by atoms with Crippen LogP contribution in [0.1, 0.15) is 12.0 Å². The summed E-state index contributed by atoms with van der Waals surface area (Å²) in [4.78, 5) is 10.8. The second kappa shape index (κ2) is 8.45. The predicted octanol–water partition coefficient (Wildman–Crippen LogP) is -1.11. The van der Waals surface area contributed by atoms with Crippen molar-refractivity contribution >= 4 is 5.97 Å². The van der Waals surface area contributed by atoms with Gasteiger partial charge in [0.25, 0.3) is 0 Å². The summed E-state index contributed by atoms with van der Waals surface area (Å²) in [5.74, 6) is -0.502. The van der Waals surface area contributed by atoms with Gasteiger partial charge in [-0.25, -0.2) is 0 Å². The molecule has 140 valence electrons. The highest BCUT2D eigenvalue weighted by Gasteiger charge is 2.45. The van der Waals surface area contributed by atoms with Gasteiger partial charge in [-0.3, -0.25) is 4.79 Å². The van der Waals surface area contributed by atoms with E-state index in [1.807, 2.05) is 0 Å². The molecule has 25 heavy (non-hydrogen) atoms. The molecule has 1 heterocycles. The molecule has 0 radical (unpaired) electrons. The average molecular weight is 358 g/mol. The molecular weight excluding hydrogens is 336 g/mol. The molecule has 1 fully saturated rings. The van der Waals surface area contributed by atoms with Crippen LogP contribution in [0.5, 0.6) is 11.5 Å². The number of carboxylic acids is 1. The van der Waals surface area contributed by atoms with E-state index in [0.29, 0.717) is 5.56 Å². The van der Waals surface area contributed by atoms with E-state index in [9.17, 15) is 25.2 Å². The number of hydrogen-bond acceptors (Lipinski definition) is 8. The quantitative estimate of drug-likeness (QED) is 0.409. The molecule has 5 N–H and O–H groups in total. The average Bonchev–Trinajstić information content (AvgIpc) is 2.60. The summed E-state index contributed by atoms with van der Waals surface area (Å²) in [7, 11) is 1.39. The Kier molecular flexibility index (Phi) is 6.57. The Hall–Kier alpha value is -1.91. The minimum absolute atomic E-state index is 0.0974. The van der Waals surface area contributed by atoms with Crippen LogP contribution >= 0.6 is 0 Å². The lowest BCUT2D eigenvalue weighted by atomic mass is 9.99. The third-order valence-electron chi connectivity index (χ3n) is 3.96. The van der Waals surface area contributed by atoms with Gasteiger partial charge in [-0.05, 0) is 18.1 Å². The van der Waals surface area contributed by atoms with Gasteiger partial charge in [0.2, 0.25) is 6.29 Å². The first kappa shape index (κ1) is 19.4. The van der Waals surface area contributed by atoms with Crippen LogP contribution in [0.25, 0.3) is 0 Å². The zero-order valence-corrected chi connectivity index (χ0v) is 13.6. The van der Waals surface area contributed by atoms with Gasteiger partial charge in [0.1, 0.15) is 24.4 Å². The number of aryl methyl sites for hydroxylation is 1. The maximum absolute atomic E-state index is 10.8. The van der Waals surface area contributed by atoms with E-state index in [0.717, 1.165) is 0 Å². The van der Waals surface area contributed by atoms with E-state index in [1.165, 1.54) is 13.2 Å². The highest BCUT2D eigenvalue weighted by molar-refractivity contribution is 5.67. The second-order valence-corrected chi connectivity index (χ2v) is 5.66. The number of carboxylic acid groups (broad SMARTS) is 1. The fraction of sp³-hybridized carbons (Fsp3) is 0.562. The van der Waals surface area contributed by atoms with Gasteiger partial charge in [0, 0.05) is 6.42 Å². The Morgan fingerprint density at radius 3 is 2.52 bits per heavy atom. The molecule has 1 aromatic rings. The molecule has 9 nitrogen and oxygen atoms in total. The highest BCUT2D eigenvalue weighted by atomic mass is 16.7. The third kappa shape index (κ3) is 4.39. The van der Waals surface area contributed by atoms with Crippen molar-refractivity contribution in [2.75, 3.05) is 13.7 Å². The SMILES string of the molecule is COc1c(CCC(=O)O)cccc1O[C@@H]1O[C@H](CO)[C@@H](O)[C@H](O)[C@H]1O. The number of rotatable bonds is 7. The summed E-state index contributed by atoms with van der Waals surface area (Å²) in [5, 5.41) is 47.6. The molecule has 5 atom stereocenters. The molecule has 1 saturated heterocycles. The summed E-state index contributed by atoms with van der Waals surface area (Å²) >= 11 is 0. The van der Waals surface area contributed by atoms with Gasteiger partial charge in [-0.15, -0.1) is 0 Å². The molecule has 1 aliphatic heterocycles. The van der Waals surface area contributed by atoms with Gasteiger partial charge in [-0.1, -0.05) is 12.1 Å². The van der Waals surface area contributed by atoms with Crippen molar-refractivity contribution in [3.8, 4) is 11.5 Å². The minimum Gasteiger partial charge on any atom is -0.493 e. The molecule has 0 unspecified atom stereocenters. The van der Waals surface area contributed by atoms with Crippen LogP contribution in [-0.4, -0.2) is 75.9 Å². The second-order valence-electron chi connectivity index (χ2n) is 5.66. The third-order valence-corrected chi connectivity index (χ3v) is 3.96. The predicted molar refractivity (Wildman–Crippen MR) is 83.3 cm³/mol. The topological polar surface area (TPSA) is 146 Å². The number of hydrogen-bond donors (Lipinski definition) is 5. The van der Waals surface area contributed by atoms with Gasteiger partial charge < -0.3 is 39.7 Å². The number of carbonyl (C=O) groups is 1. The normalized spacial score (nSPS) is 29.2. The van der Waals surface area contributed by atoms with Crippen molar-refractivity contribution in [3.63, 3.8) is 0 Å². The maximum Gasteiger partial charge on any atom is 0.303 e. The maximum atomic E-state index is 10.8. The minimum atomic E-state index is -1.56. The van der Waals surface area contributed by atoms with Gasteiger partial charge >= 0.3 is 5.97 Å². The number of ether oxygens (including phenoxy) is 3. The summed E-state index contributed by atoms with van der Waals surface area (Å²) in [6.07, 6.45) is -6.92. The summed E-state index contributed by atoms with van der Waals surface area (Å²) < 4.78 is 16.1. The molecule has 0 aromatic heterocycles. The number of aliphatic hydroxyl groups is 4. The number of benzene rings is 1. The van der Waals surface area contributed by atoms with Crippen molar-refractivity contribution in [2.45, 2.75) is 43.5 Å². The molecule has 1 aliphatic rings. The highest BCUT2D eigenvalue weighted by Crippen LogP contribution is 2.34. The van der Waals surface area contributed by atoms with Crippen LogP contribution in [0.2, 0.25) is 0 Å². The van der Waals surface area contributed by atoms with E-state index in [1.54, 1.807) is 12.1 Å². The molecule has 0 amide bonds. The van der Waals surface area contributed by atoms with E-state index in [2.05, 4.69) is 0 Å². The molecule has 9 heteroatoms. The lowest BCUT2D eigenvalue weighted by Crippen LogP contribution is -2.60. The monoisotopic (exact) mass is 358 g/mol. The van der Waals surface area contributed by atoms with Gasteiger partial charge in [0.15, 0.2) is 11.5 Å². The van der Waals surface area contributed by atoms with Gasteiger partial charge in [-0.2, -0.15) is 0 Å². The molecule has 0 spiro atoms. The van der Waals surface area contributed by atoms with Crippen LogP contribution in [0.4, 0.5) is 0 Å². The van der Waals surface area contributed by atoms with Crippen LogP contribution in [0.3, 0.4) is 0 Å². The van der Waals surface area contributed by atoms with E-state index < -0.39 is 43.3 Å². The van der Waals surface area contributed by atoms with E-state index in [4.69, 9.17) is 19.3 Å².